The van der Waals surface area contributed by atoms with Crippen LogP contribution in [0.25, 0.3) is 0 Å². The van der Waals surface area contributed by atoms with E-state index in [4.69, 9.17) is 11.6 Å². The lowest BCUT2D eigenvalue weighted by molar-refractivity contribution is 0.486. The number of hydrogen-bond donors (Lipinski definition) is 1. The molecule has 0 saturated heterocycles. The Morgan fingerprint density at radius 2 is 2.13 bits per heavy atom. The van der Waals surface area contributed by atoms with E-state index in [0.717, 1.165) is 6.42 Å². The molecule has 0 bridgehead atoms. The van der Waals surface area contributed by atoms with Gasteiger partial charge in [0.05, 0.1) is 11.6 Å². The first-order valence-corrected chi connectivity index (χ1v) is 5.94. The molecule has 1 rings (SSSR count). The summed E-state index contributed by atoms with van der Waals surface area (Å²) in [5, 5.41) is 0. The predicted molar refractivity (Wildman–Crippen MR) is 63.6 cm³/mol. The van der Waals surface area contributed by atoms with Crippen LogP contribution in [-0.2, 0) is 5.88 Å². The molecule has 1 aromatic rings. The molecule has 1 unspecified atom stereocenters. The molecule has 0 aliphatic rings. The third kappa shape index (κ3) is 2.34. The van der Waals surface area contributed by atoms with Crippen molar-refractivity contribution in [1.82, 2.24) is 9.55 Å². The van der Waals surface area contributed by atoms with Crippen LogP contribution in [0, 0.1) is 0 Å². The molecule has 0 aromatic carbocycles. The fraction of sp³-hybridized carbons (Fsp3) is 0.556. The highest BCUT2D eigenvalue weighted by molar-refractivity contribution is 9.10. The lowest BCUT2D eigenvalue weighted by atomic mass is 10.2. The minimum absolute atomic E-state index is 0.104. The van der Waals surface area contributed by atoms with Crippen molar-refractivity contribution >= 4 is 27.5 Å². The van der Waals surface area contributed by atoms with Gasteiger partial charge in [-0.15, -0.1) is 11.6 Å². The molecule has 0 aliphatic carbocycles. The Labute approximate surface area is 100 Å². The predicted octanol–water partition coefficient (Wildman–Crippen LogP) is 2.01. The summed E-state index contributed by atoms with van der Waals surface area (Å²) in [4.78, 5) is 26.0. The zero-order chi connectivity index (χ0) is 11.6. The number of rotatable bonds is 3. The smallest absolute Gasteiger partial charge is 0.309 e. The number of hydrogen-bond acceptors (Lipinski definition) is 2. The van der Waals surface area contributed by atoms with Gasteiger partial charge in [-0.2, -0.15) is 0 Å². The highest BCUT2D eigenvalue weighted by atomic mass is 79.9. The van der Waals surface area contributed by atoms with E-state index in [-0.39, 0.29) is 17.5 Å². The normalized spacial score (nSPS) is 12.8. The molecule has 6 heteroatoms. The molecule has 1 N–H and O–H groups in total. The van der Waals surface area contributed by atoms with Crippen molar-refractivity contribution in [3.05, 3.63) is 31.0 Å². The van der Waals surface area contributed by atoms with E-state index >= 15 is 0 Å². The minimum atomic E-state index is -0.409. The van der Waals surface area contributed by atoms with E-state index in [2.05, 4.69) is 20.9 Å². The highest BCUT2D eigenvalue weighted by Crippen LogP contribution is 2.11. The molecular weight excluding hydrogens is 283 g/mol. The van der Waals surface area contributed by atoms with Crippen molar-refractivity contribution in [3.8, 4) is 0 Å². The molecule has 1 aromatic heterocycles. The number of aromatic amines is 1. The largest absolute Gasteiger partial charge is 0.328 e. The van der Waals surface area contributed by atoms with Crippen molar-refractivity contribution in [2.75, 3.05) is 0 Å². The summed E-state index contributed by atoms with van der Waals surface area (Å²) in [7, 11) is 0. The zero-order valence-electron chi connectivity index (χ0n) is 8.51. The summed E-state index contributed by atoms with van der Waals surface area (Å²) in [6, 6.07) is -0.123. The summed E-state index contributed by atoms with van der Waals surface area (Å²) >= 11 is 8.73. The Kier molecular flexibility index (Phi) is 4.16. The number of halogens is 2. The summed E-state index contributed by atoms with van der Waals surface area (Å²) < 4.78 is 1.53. The number of H-pyrrole nitrogens is 1. The molecule has 15 heavy (non-hydrogen) atoms. The first kappa shape index (κ1) is 12.5. The monoisotopic (exact) mass is 294 g/mol. The fourth-order valence-corrected chi connectivity index (χ4v) is 2.04. The first-order valence-electron chi connectivity index (χ1n) is 4.62. The van der Waals surface area contributed by atoms with Crippen molar-refractivity contribution in [1.29, 1.82) is 0 Å². The van der Waals surface area contributed by atoms with E-state index in [9.17, 15) is 9.59 Å². The molecule has 0 spiro atoms. The Morgan fingerprint density at radius 1 is 1.53 bits per heavy atom. The average Bonchev–Trinajstić information content (AvgIpc) is 2.23. The molecule has 1 atom stereocenters. The van der Waals surface area contributed by atoms with Crippen LogP contribution in [0.5, 0.6) is 0 Å². The topological polar surface area (TPSA) is 54.9 Å². The highest BCUT2D eigenvalue weighted by Gasteiger charge is 2.14. The van der Waals surface area contributed by atoms with Crippen molar-refractivity contribution in [3.63, 3.8) is 0 Å². The Balaban J connectivity index is 3.50. The number of aromatic nitrogens is 2. The van der Waals surface area contributed by atoms with Crippen molar-refractivity contribution in [2.45, 2.75) is 32.2 Å². The minimum Gasteiger partial charge on any atom is -0.309 e. The van der Waals surface area contributed by atoms with Gasteiger partial charge in [-0.1, -0.05) is 6.92 Å². The van der Waals surface area contributed by atoms with Crippen molar-refractivity contribution < 1.29 is 0 Å². The Bertz CT molecular complexity index is 466. The van der Waals surface area contributed by atoms with E-state index in [1.54, 1.807) is 0 Å². The number of alkyl halides is 1. The molecule has 0 radical (unpaired) electrons. The van der Waals surface area contributed by atoms with Crippen LogP contribution in [0.4, 0.5) is 0 Å². The van der Waals surface area contributed by atoms with Gasteiger partial charge in [-0.25, -0.2) is 4.79 Å². The van der Waals surface area contributed by atoms with Crippen LogP contribution in [0.1, 0.15) is 32.0 Å². The van der Waals surface area contributed by atoms with Crippen LogP contribution < -0.4 is 11.2 Å². The van der Waals surface area contributed by atoms with Gasteiger partial charge < -0.3 is 4.98 Å². The summed E-state index contributed by atoms with van der Waals surface area (Å²) in [5.74, 6) is 0.104. The molecule has 0 saturated carbocycles. The Hall–Kier alpha value is -0.550. The summed E-state index contributed by atoms with van der Waals surface area (Å²) in [5.41, 5.74) is -0.317. The van der Waals surface area contributed by atoms with Gasteiger partial charge in [0, 0.05) is 6.04 Å². The second-order valence-corrected chi connectivity index (χ2v) is 4.35. The van der Waals surface area contributed by atoms with E-state index in [1.807, 2.05) is 13.8 Å². The van der Waals surface area contributed by atoms with Gasteiger partial charge in [-0.05, 0) is 29.3 Å². The summed E-state index contributed by atoms with van der Waals surface area (Å²) in [6.45, 7) is 3.74. The second kappa shape index (κ2) is 4.99. The lowest BCUT2D eigenvalue weighted by Crippen LogP contribution is -2.38. The van der Waals surface area contributed by atoms with Crippen molar-refractivity contribution in [2.24, 2.45) is 0 Å². The Morgan fingerprint density at radius 3 is 2.60 bits per heavy atom. The number of nitrogens with zero attached hydrogens (tertiary/aromatic N) is 1. The standard InChI is InChI=1S/C9H12BrClN2O2/c1-3-5(2)13-8(14)7(10)6(4-11)12-9(13)15/h5H,3-4H2,1-2H3,(H,12,15). The SMILES string of the molecule is CCC(C)n1c(=O)[nH]c(CCl)c(Br)c1=O. The van der Waals surface area contributed by atoms with Gasteiger partial charge in [0.15, 0.2) is 0 Å². The average molecular weight is 296 g/mol. The van der Waals surface area contributed by atoms with Crippen LogP contribution in [0.3, 0.4) is 0 Å². The molecule has 84 valence electrons. The van der Waals surface area contributed by atoms with Gasteiger partial charge in [-0.3, -0.25) is 9.36 Å². The lowest BCUT2D eigenvalue weighted by Gasteiger charge is -2.12. The van der Waals surface area contributed by atoms with Crippen LogP contribution in [-0.4, -0.2) is 9.55 Å². The third-order valence-corrected chi connectivity index (χ3v) is 3.40. The van der Waals surface area contributed by atoms with Gasteiger partial charge >= 0.3 is 5.69 Å². The van der Waals surface area contributed by atoms with Crippen LogP contribution >= 0.6 is 27.5 Å². The van der Waals surface area contributed by atoms with Crippen LogP contribution in [0.2, 0.25) is 0 Å². The fourth-order valence-electron chi connectivity index (χ4n) is 1.25. The molecule has 0 aliphatic heterocycles. The molecular formula is C9H12BrClN2O2. The van der Waals surface area contributed by atoms with E-state index in [0.29, 0.717) is 10.2 Å². The molecule has 0 amide bonds. The molecule has 1 heterocycles. The zero-order valence-corrected chi connectivity index (χ0v) is 10.9. The maximum absolute atomic E-state index is 11.8. The summed E-state index contributed by atoms with van der Waals surface area (Å²) in [6.07, 6.45) is 0.718. The van der Waals surface area contributed by atoms with E-state index in [1.165, 1.54) is 4.57 Å². The van der Waals surface area contributed by atoms with Gasteiger partial charge in [0.25, 0.3) is 5.56 Å². The third-order valence-electron chi connectivity index (χ3n) is 2.31. The van der Waals surface area contributed by atoms with Gasteiger partial charge in [0.1, 0.15) is 4.47 Å². The number of nitrogens with one attached hydrogen (secondary N) is 1. The first-order chi connectivity index (χ1) is 7.02. The molecule has 4 nitrogen and oxygen atoms in total. The quantitative estimate of drug-likeness (QED) is 0.867. The maximum Gasteiger partial charge on any atom is 0.328 e. The maximum atomic E-state index is 11.8. The van der Waals surface area contributed by atoms with E-state index < -0.39 is 5.69 Å². The van der Waals surface area contributed by atoms with Crippen LogP contribution in [0.15, 0.2) is 14.1 Å². The van der Waals surface area contributed by atoms with Gasteiger partial charge in [0.2, 0.25) is 0 Å². The molecule has 0 fully saturated rings. The second-order valence-electron chi connectivity index (χ2n) is 3.29.